The highest BCUT2D eigenvalue weighted by Crippen LogP contribution is 2.25. The van der Waals surface area contributed by atoms with Gasteiger partial charge in [0.2, 0.25) is 0 Å². The summed E-state index contributed by atoms with van der Waals surface area (Å²) in [6, 6.07) is 11.8. The molecular formula is C19H22FN3. The second-order valence-corrected chi connectivity index (χ2v) is 5.89. The average molecular weight is 311 g/mol. The predicted octanol–water partition coefficient (Wildman–Crippen LogP) is 4.26. The van der Waals surface area contributed by atoms with Crippen LogP contribution < -0.4 is 5.32 Å². The third-order valence-electron chi connectivity index (χ3n) is 4.54. The van der Waals surface area contributed by atoms with Crippen molar-refractivity contribution < 1.29 is 4.39 Å². The SMILES string of the molecule is CCC(NCc1c(C)c2ccccc2n1C)c1ccc(F)cn1. The number of halogens is 1. The number of rotatable bonds is 5. The lowest BCUT2D eigenvalue weighted by Gasteiger charge is -2.17. The zero-order valence-electron chi connectivity index (χ0n) is 13.8. The number of aryl methyl sites for hydroxylation is 2. The summed E-state index contributed by atoms with van der Waals surface area (Å²) in [6.45, 7) is 5.03. The maximum Gasteiger partial charge on any atom is 0.141 e. The van der Waals surface area contributed by atoms with Gasteiger partial charge in [-0.1, -0.05) is 25.1 Å². The molecule has 0 aliphatic carbocycles. The second-order valence-electron chi connectivity index (χ2n) is 5.89. The molecule has 0 radical (unpaired) electrons. The molecule has 0 amide bonds. The van der Waals surface area contributed by atoms with E-state index in [1.165, 1.54) is 34.4 Å². The van der Waals surface area contributed by atoms with Crippen molar-refractivity contribution in [2.45, 2.75) is 32.9 Å². The Labute approximate surface area is 136 Å². The van der Waals surface area contributed by atoms with Gasteiger partial charge in [0.1, 0.15) is 5.82 Å². The van der Waals surface area contributed by atoms with Gasteiger partial charge in [-0.2, -0.15) is 0 Å². The van der Waals surface area contributed by atoms with E-state index in [1.807, 2.05) is 0 Å². The molecule has 3 rings (SSSR count). The largest absolute Gasteiger partial charge is 0.346 e. The van der Waals surface area contributed by atoms with E-state index in [1.54, 1.807) is 6.07 Å². The molecule has 2 aromatic heterocycles. The number of hydrogen-bond acceptors (Lipinski definition) is 2. The molecule has 1 atom stereocenters. The molecule has 1 unspecified atom stereocenters. The summed E-state index contributed by atoms with van der Waals surface area (Å²) >= 11 is 0. The van der Waals surface area contributed by atoms with Gasteiger partial charge in [-0.05, 0) is 37.1 Å². The van der Waals surface area contributed by atoms with Crippen molar-refractivity contribution in [2.24, 2.45) is 7.05 Å². The van der Waals surface area contributed by atoms with Gasteiger partial charge in [-0.15, -0.1) is 0 Å². The van der Waals surface area contributed by atoms with Crippen molar-refractivity contribution in [1.29, 1.82) is 0 Å². The average Bonchev–Trinajstić information content (AvgIpc) is 2.82. The molecule has 0 fully saturated rings. The minimum absolute atomic E-state index is 0.119. The fourth-order valence-electron chi connectivity index (χ4n) is 3.16. The van der Waals surface area contributed by atoms with Crippen LogP contribution in [-0.2, 0) is 13.6 Å². The number of pyridine rings is 1. The molecule has 2 heterocycles. The molecule has 0 aliphatic heterocycles. The molecule has 0 spiro atoms. The zero-order chi connectivity index (χ0) is 16.4. The third-order valence-corrected chi connectivity index (χ3v) is 4.54. The Morgan fingerprint density at radius 3 is 2.65 bits per heavy atom. The van der Waals surface area contributed by atoms with Crippen LogP contribution in [0.3, 0.4) is 0 Å². The fraction of sp³-hybridized carbons (Fsp3) is 0.316. The van der Waals surface area contributed by atoms with Crippen LogP contribution in [0.5, 0.6) is 0 Å². The summed E-state index contributed by atoms with van der Waals surface area (Å²) < 4.78 is 15.3. The number of nitrogens with one attached hydrogen (secondary N) is 1. The van der Waals surface area contributed by atoms with Crippen LogP contribution >= 0.6 is 0 Å². The van der Waals surface area contributed by atoms with Crippen LogP contribution in [0.25, 0.3) is 10.9 Å². The first kappa shape index (κ1) is 15.7. The maximum absolute atomic E-state index is 13.0. The lowest BCUT2D eigenvalue weighted by atomic mass is 10.1. The van der Waals surface area contributed by atoms with Gasteiger partial charge in [0.15, 0.2) is 0 Å². The first-order valence-corrected chi connectivity index (χ1v) is 7.99. The Balaban J connectivity index is 1.83. The maximum atomic E-state index is 13.0. The summed E-state index contributed by atoms with van der Waals surface area (Å²) in [5.41, 5.74) is 4.70. The minimum atomic E-state index is -0.298. The molecular weight excluding hydrogens is 289 g/mol. The van der Waals surface area contributed by atoms with Gasteiger partial charge in [0.25, 0.3) is 0 Å². The van der Waals surface area contributed by atoms with Crippen LogP contribution in [0.15, 0.2) is 42.6 Å². The molecule has 0 saturated carbocycles. The number of para-hydroxylation sites is 1. The Bertz CT molecular complexity index is 766. The highest BCUT2D eigenvalue weighted by atomic mass is 19.1. The number of benzene rings is 1. The summed E-state index contributed by atoms with van der Waals surface area (Å²) in [5, 5.41) is 4.85. The zero-order valence-corrected chi connectivity index (χ0v) is 13.8. The fourth-order valence-corrected chi connectivity index (χ4v) is 3.16. The Morgan fingerprint density at radius 1 is 1.22 bits per heavy atom. The molecule has 120 valence electrons. The van der Waals surface area contributed by atoms with Gasteiger partial charge in [-0.3, -0.25) is 4.98 Å². The smallest absolute Gasteiger partial charge is 0.141 e. The van der Waals surface area contributed by atoms with E-state index in [-0.39, 0.29) is 11.9 Å². The molecule has 3 aromatic rings. The van der Waals surface area contributed by atoms with Crippen LogP contribution in [-0.4, -0.2) is 9.55 Å². The Hall–Kier alpha value is -2.20. The van der Waals surface area contributed by atoms with Crippen molar-refractivity contribution in [3.8, 4) is 0 Å². The molecule has 1 aromatic carbocycles. The molecule has 3 nitrogen and oxygen atoms in total. The highest BCUT2D eigenvalue weighted by molar-refractivity contribution is 5.85. The van der Waals surface area contributed by atoms with Gasteiger partial charge >= 0.3 is 0 Å². The molecule has 23 heavy (non-hydrogen) atoms. The lowest BCUT2D eigenvalue weighted by Crippen LogP contribution is -2.22. The van der Waals surface area contributed by atoms with Crippen molar-refractivity contribution >= 4 is 10.9 Å². The molecule has 0 bridgehead atoms. The predicted molar refractivity (Wildman–Crippen MR) is 91.7 cm³/mol. The van der Waals surface area contributed by atoms with E-state index >= 15 is 0 Å². The summed E-state index contributed by atoms with van der Waals surface area (Å²) in [7, 11) is 2.10. The topological polar surface area (TPSA) is 29.9 Å². The van der Waals surface area contributed by atoms with E-state index < -0.39 is 0 Å². The number of aromatic nitrogens is 2. The highest BCUT2D eigenvalue weighted by Gasteiger charge is 2.14. The van der Waals surface area contributed by atoms with E-state index in [0.29, 0.717) is 0 Å². The summed E-state index contributed by atoms with van der Waals surface area (Å²) in [5.74, 6) is -0.298. The first-order valence-electron chi connectivity index (χ1n) is 7.99. The van der Waals surface area contributed by atoms with Crippen LogP contribution in [0, 0.1) is 12.7 Å². The standard InChI is InChI=1S/C19H22FN3/c1-4-16(17-10-9-14(20)11-21-17)22-12-19-13(2)15-7-5-6-8-18(15)23(19)3/h5-11,16,22H,4,12H2,1-3H3. The van der Waals surface area contributed by atoms with Crippen molar-refractivity contribution in [1.82, 2.24) is 14.9 Å². The van der Waals surface area contributed by atoms with Crippen LogP contribution in [0.2, 0.25) is 0 Å². The van der Waals surface area contributed by atoms with E-state index in [0.717, 1.165) is 18.7 Å². The molecule has 4 heteroatoms. The van der Waals surface area contributed by atoms with E-state index in [2.05, 4.69) is 60.0 Å². The summed E-state index contributed by atoms with van der Waals surface area (Å²) in [4.78, 5) is 4.21. The van der Waals surface area contributed by atoms with Crippen LogP contribution in [0.1, 0.15) is 36.3 Å². The van der Waals surface area contributed by atoms with Gasteiger partial charge < -0.3 is 9.88 Å². The van der Waals surface area contributed by atoms with E-state index in [4.69, 9.17) is 0 Å². The number of hydrogen-bond donors (Lipinski definition) is 1. The van der Waals surface area contributed by atoms with Crippen molar-refractivity contribution in [3.63, 3.8) is 0 Å². The molecule has 0 aliphatic rings. The number of nitrogens with zero attached hydrogens (tertiary/aromatic N) is 2. The van der Waals surface area contributed by atoms with Gasteiger partial charge in [0.05, 0.1) is 11.9 Å². The monoisotopic (exact) mass is 311 g/mol. The number of fused-ring (bicyclic) bond motifs is 1. The second kappa shape index (κ2) is 6.50. The van der Waals surface area contributed by atoms with Gasteiger partial charge in [-0.25, -0.2) is 4.39 Å². The molecule has 0 saturated heterocycles. The van der Waals surface area contributed by atoms with Crippen molar-refractivity contribution in [2.75, 3.05) is 0 Å². The van der Waals surface area contributed by atoms with Gasteiger partial charge in [0, 0.05) is 36.2 Å². The lowest BCUT2D eigenvalue weighted by molar-refractivity contribution is 0.494. The minimum Gasteiger partial charge on any atom is -0.346 e. The normalized spacial score (nSPS) is 12.7. The summed E-state index contributed by atoms with van der Waals surface area (Å²) in [6.07, 6.45) is 2.18. The first-order chi connectivity index (χ1) is 11.1. The molecule has 1 N–H and O–H groups in total. The Morgan fingerprint density at radius 2 is 2.00 bits per heavy atom. The van der Waals surface area contributed by atoms with E-state index in [9.17, 15) is 4.39 Å². The van der Waals surface area contributed by atoms with Crippen molar-refractivity contribution in [3.05, 3.63) is 65.4 Å². The Kier molecular flexibility index (Phi) is 4.44. The quantitative estimate of drug-likeness (QED) is 0.763. The van der Waals surface area contributed by atoms with Crippen LogP contribution in [0.4, 0.5) is 4.39 Å². The third kappa shape index (κ3) is 2.99.